The Kier molecular flexibility index (Phi) is 5.46. The highest BCUT2D eigenvalue weighted by molar-refractivity contribution is 6.43. The second kappa shape index (κ2) is 7.61. The lowest BCUT2D eigenvalue weighted by molar-refractivity contribution is -0.118. The normalized spacial score (nSPS) is 12.0. The fourth-order valence-electron chi connectivity index (χ4n) is 2.28. The summed E-state index contributed by atoms with van der Waals surface area (Å²) in [5.74, 6) is 0.389. The minimum absolute atomic E-state index is 0.0585. The van der Waals surface area contributed by atoms with Crippen LogP contribution in [0.3, 0.4) is 0 Å². The summed E-state index contributed by atoms with van der Waals surface area (Å²) < 4.78 is 15.9. The van der Waals surface area contributed by atoms with Crippen LogP contribution in [0.1, 0.15) is 17.3 Å². The van der Waals surface area contributed by atoms with Gasteiger partial charge in [0.2, 0.25) is 6.79 Å². The summed E-state index contributed by atoms with van der Waals surface area (Å²) in [5.41, 5.74) is 0.603. The van der Waals surface area contributed by atoms with Gasteiger partial charge in [0.15, 0.2) is 23.9 Å². The largest absolute Gasteiger partial charge is 0.482 e. The molecule has 26 heavy (non-hydrogen) atoms. The van der Waals surface area contributed by atoms with E-state index in [2.05, 4.69) is 5.32 Å². The average molecular weight is 417 g/mol. The van der Waals surface area contributed by atoms with Crippen molar-refractivity contribution in [2.75, 3.05) is 18.7 Å². The Balaban J connectivity index is 1.73. The molecule has 1 aliphatic rings. The van der Waals surface area contributed by atoms with Gasteiger partial charge in [0.05, 0.1) is 20.8 Å². The smallest absolute Gasteiger partial charge is 0.262 e. The monoisotopic (exact) mass is 415 g/mol. The lowest BCUT2D eigenvalue weighted by atomic mass is 10.1. The summed E-state index contributed by atoms with van der Waals surface area (Å²) >= 11 is 17.8. The van der Waals surface area contributed by atoms with E-state index >= 15 is 0 Å². The Labute approximate surface area is 163 Å². The van der Waals surface area contributed by atoms with E-state index in [0.717, 1.165) is 0 Å². The molecule has 2 aromatic rings. The maximum atomic E-state index is 12.2. The van der Waals surface area contributed by atoms with Crippen LogP contribution in [0.5, 0.6) is 17.2 Å². The molecule has 1 amide bonds. The molecule has 1 heterocycles. The molecule has 0 unspecified atom stereocenters. The van der Waals surface area contributed by atoms with Crippen LogP contribution in [0.2, 0.25) is 15.1 Å². The molecule has 0 fully saturated rings. The highest BCUT2D eigenvalue weighted by Gasteiger charge is 2.20. The Hall–Kier alpha value is -2.15. The van der Waals surface area contributed by atoms with E-state index in [4.69, 9.17) is 49.0 Å². The van der Waals surface area contributed by atoms with E-state index in [0.29, 0.717) is 22.7 Å². The van der Waals surface area contributed by atoms with Gasteiger partial charge in [-0.2, -0.15) is 0 Å². The second-order valence-corrected chi connectivity index (χ2v) is 6.56. The molecule has 136 valence electrons. The zero-order chi connectivity index (χ0) is 18.8. The number of hydrogen-bond acceptors (Lipinski definition) is 5. The molecule has 0 saturated heterocycles. The van der Waals surface area contributed by atoms with Crippen molar-refractivity contribution in [1.82, 2.24) is 0 Å². The van der Waals surface area contributed by atoms with E-state index in [-0.39, 0.29) is 40.0 Å². The van der Waals surface area contributed by atoms with Gasteiger partial charge in [-0.25, -0.2) is 0 Å². The van der Waals surface area contributed by atoms with Crippen molar-refractivity contribution in [1.29, 1.82) is 0 Å². The van der Waals surface area contributed by atoms with Gasteiger partial charge in [-0.05, 0) is 19.1 Å². The quantitative estimate of drug-likeness (QED) is 0.570. The SMILES string of the molecule is CC(=O)c1cc2c(cc1NC(=O)COc1cc(Cl)c(Cl)cc1Cl)OCO2. The van der Waals surface area contributed by atoms with Gasteiger partial charge in [-0.1, -0.05) is 34.8 Å². The highest BCUT2D eigenvalue weighted by atomic mass is 35.5. The molecule has 0 saturated carbocycles. The number of carbonyl (C=O) groups is 2. The Bertz CT molecular complexity index is 900. The molecule has 0 atom stereocenters. The van der Waals surface area contributed by atoms with E-state index in [1.165, 1.54) is 31.2 Å². The number of benzene rings is 2. The minimum Gasteiger partial charge on any atom is -0.482 e. The van der Waals surface area contributed by atoms with E-state index in [1.807, 2.05) is 0 Å². The van der Waals surface area contributed by atoms with Crippen molar-refractivity contribution in [2.45, 2.75) is 6.92 Å². The highest BCUT2D eigenvalue weighted by Crippen LogP contribution is 2.37. The first-order chi connectivity index (χ1) is 12.3. The second-order valence-electron chi connectivity index (χ2n) is 5.34. The first-order valence-corrected chi connectivity index (χ1v) is 8.50. The molecule has 2 aromatic carbocycles. The fraction of sp³-hybridized carbons (Fsp3) is 0.176. The first kappa shape index (κ1) is 18.6. The molecule has 0 bridgehead atoms. The summed E-state index contributed by atoms with van der Waals surface area (Å²) in [6, 6.07) is 5.89. The third kappa shape index (κ3) is 3.98. The number of amides is 1. The molecule has 0 spiro atoms. The first-order valence-electron chi connectivity index (χ1n) is 7.37. The number of rotatable bonds is 5. The number of halogens is 3. The summed E-state index contributed by atoms with van der Waals surface area (Å²) in [4.78, 5) is 24.0. The van der Waals surface area contributed by atoms with E-state index in [1.54, 1.807) is 0 Å². The van der Waals surface area contributed by atoms with Gasteiger partial charge in [-0.15, -0.1) is 0 Å². The third-order valence-electron chi connectivity index (χ3n) is 3.50. The van der Waals surface area contributed by atoms with Crippen LogP contribution < -0.4 is 19.5 Å². The number of Topliss-reactive ketones (excluding diaryl/α,β-unsaturated/α-hetero) is 1. The molecule has 0 aromatic heterocycles. The standard InChI is InChI=1S/C17H12Cl3NO5/c1-8(22)9-2-15-16(26-7-25-15)5-13(9)21-17(23)6-24-14-4-11(19)10(18)3-12(14)20/h2-5H,6-7H2,1H3,(H,21,23). The van der Waals surface area contributed by atoms with E-state index in [9.17, 15) is 9.59 Å². The maximum Gasteiger partial charge on any atom is 0.262 e. The molecular weight excluding hydrogens is 405 g/mol. The number of nitrogens with one attached hydrogen (secondary N) is 1. The molecule has 9 heteroatoms. The molecule has 1 aliphatic heterocycles. The molecule has 1 N–H and O–H groups in total. The van der Waals surface area contributed by atoms with Crippen molar-refractivity contribution in [3.8, 4) is 17.2 Å². The van der Waals surface area contributed by atoms with Crippen LogP contribution in [-0.4, -0.2) is 25.1 Å². The average Bonchev–Trinajstić information content (AvgIpc) is 3.03. The van der Waals surface area contributed by atoms with Crippen LogP contribution in [0.15, 0.2) is 24.3 Å². The number of hydrogen-bond donors (Lipinski definition) is 1. The third-order valence-corrected chi connectivity index (χ3v) is 4.52. The Morgan fingerprint density at radius 1 is 1.04 bits per heavy atom. The van der Waals surface area contributed by atoms with Crippen molar-refractivity contribution in [3.05, 3.63) is 44.9 Å². The van der Waals surface area contributed by atoms with Crippen LogP contribution >= 0.6 is 34.8 Å². The number of ether oxygens (including phenoxy) is 3. The topological polar surface area (TPSA) is 73.9 Å². The summed E-state index contributed by atoms with van der Waals surface area (Å²) in [7, 11) is 0. The van der Waals surface area contributed by atoms with Gasteiger partial charge in [0.1, 0.15) is 5.75 Å². The molecular formula is C17H12Cl3NO5. The van der Waals surface area contributed by atoms with Gasteiger partial charge >= 0.3 is 0 Å². The molecule has 0 radical (unpaired) electrons. The predicted octanol–water partition coefficient (Wildman–Crippen LogP) is 4.60. The number of fused-ring (bicyclic) bond motifs is 1. The zero-order valence-corrected chi connectivity index (χ0v) is 15.7. The zero-order valence-electron chi connectivity index (χ0n) is 13.4. The van der Waals surface area contributed by atoms with E-state index < -0.39 is 5.91 Å². The Morgan fingerprint density at radius 3 is 2.38 bits per heavy atom. The molecule has 3 rings (SSSR count). The van der Waals surface area contributed by atoms with Crippen LogP contribution in [0.25, 0.3) is 0 Å². The summed E-state index contributed by atoms with van der Waals surface area (Å²) in [6.07, 6.45) is 0. The van der Waals surface area contributed by atoms with Gasteiger partial charge in [0.25, 0.3) is 5.91 Å². The van der Waals surface area contributed by atoms with Crippen LogP contribution in [-0.2, 0) is 4.79 Å². The van der Waals surface area contributed by atoms with Crippen molar-refractivity contribution in [3.63, 3.8) is 0 Å². The lowest BCUT2D eigenvalue weighted by Gasteiger charge is -2.12. The van der Waals surface area contributed by atoms with Crippen molar-refractivity contribution >= 4 is 52.2 Å². The lowest BCUT2D eigenvalue weighted by Crippen LogP contribution is -2.21. The summed E-state index contributed by atoms with van der Waals surface area (Å²) in [6.45, 7) is 1.10. The van der Waals surface area contributed by atoms with Crippen LogP contribution in [0.4, 0.5) is 5.69 Å². The maximum absolute atomic E-state index is 12.2. The van der Waals surface area contributed by atoms with Crippen molar-refractivity contribution < 1.29 is 23.8 Å². The van der Waals surface area contributed by atoms with Gasteiger partial charge in [0, 0.05) is 17.7 Å². The number of ketones is 1. The number of carbonyl (C=O) groups excluding carboxylic acids is 2. The molecule has 0 aliphatic carbocycles. The fourth-order valence-corrected chi connectivity index (χ4v) is 2.87. The minimum atomic E-state index is -0.492. The van der Waals surface area contributed by atoms with Crippen LogP contribution in [0, 0.1) is 0 Å². The summed E-state index contributed by atoms with van der Waals surface area (Å²) in [5, 5.41) is 3.37. The van der Waals surface area contributed by atoms with Crippen molar-refractivity contribution in [2.24, 2.45) is 0 Å². The van der Waals surface area contributed by atoms with Gasteiger partial charge in [-0.3, -0.25) is 9.59 Å². The number of anilines is 1. The molecule has 6 nitrogen and oxygen atoms in total. The van der Waals surface area contributed by atoms with Gasteiger partial charge < -0.3 is 19.5 Å². The Morgan fingerprint density at radius 2 is 1.69 bits per heavy atom. The predicted molar refractivity (Wildman–Crippen MR) is 98.2 cm³/mol.